The third-order valence-corrected chi connectivity index (χ3v) is 5.32. The van der Waals surface area contributed by atoms with E-state index in [1.807, 2.05) is 5.32 Å². The minimum atomic E-state index is -6.98. The first-order valence-corrected chi connectivity index (χ1v) is 10.3. The number of nitrogens with one attached hydrogen (secondary N) is 2. The van der Waals surface area contributed by atoms with Gasteiger partial charge in [-0.2, -0.15) is 39.5 Å². The smallest absolute Gasteiger partial charge is 0.444 e. The van der Waals surface area contributed by atoms with E-state index in [0.29, 0.717) is 11.1 Å². The standard InChI is InChI=1S/C22H25F9N2O2/c1-11-8-13-6-7-15(16(14(13)9-12(11)2)33-17(34)35-18(3,4)5)32-10-19(23,24)20(25,26)21(27,28)22(29,30)31/h6-9,15-16,32H,10H2,1-5H3,(H,33,34)/t15-,16-/m0/s1. The minimum Gasteiger partial charge on any atom is -0.444 e. The van der Waals surface area contributed by atoms with Crippen LogP contribution >= 0.6 is 0 Å². The molecule has 0 aliphatic heterocycles. The second-order valence-corrected chi connectivity index (χ2v) is 9.31. The lowest BCUT2D eigenvalue weighted by molar-refractivity contribution is -0.394. The van der Waals surface area contributed by atoms with E-state index >= 15 is 0 Å². The lowest BCUT2D eigenvalue weighted by Gasteiger charge is -2.36. The number of alkyl halides is 9. The van der Waals surface area contributed by atoms with Gasteiger partial charge in [0.2, 0.25) is 0 Å². The van der Waals surface area contributed by atoms with Gasteiger partial charge in [0.05, 0.1) is 18.6 Å². The lowest BCUT2D eigenvalue weighted by Crippen LogP contribution is -2.64. The summed E-state index contributed by atoms with van der Waals surface area (Å²) in [5, 5.41) is 4.32. The molecule has 0 fully saturated rings. The molecule has 1 aromatic carbocycles. The number of alkyl carbamates (subject to hydrolysis) is 1. The number of fused-ring (bicyclic) bond motifs is 1. The SMILES string of the molecule is Cc1cc2c(cc1C)[C@H](NC(=O)OC(C)(C)C)[C@@H](NCC(F)(F)C(F)(F)C(F)(F)C(F)(F)F)C=C2. The van der Waals surface area contributed by atoms with E-state index in [1.54, 1.807) is 46.8 Å². The van der Waals surface area contributed by atoms with Gasteiger partial charge >= 0.3 is 30.0 Å². The highest BCUT2D eigenvalue weighted by molar-refractivity contribution is 5.70. The molecular weight excluding hydrogens is 495 g/mol. The molecule has 2 rings (SSSR count). The Hall–Kier alpha value is -2.44. The van der Waals surface area contributed by atoms with E-state index in [9.17, 15) is 44.3 Å². The predicted octanol–water partition coefficient (Wildman–Crippen LogP) is 6.32. The predicted molar refractivity (Wildman–Crippen MR) is 110 cm³/mol. The average molecular weight is 520 g/mol. The highest BCUT2D eigenvalue weighted by Crippen LogP contribution is 2.53. The quantitative estimate of drug-likeness (QED) is 0.432. The summed E-state index contributed by atoms with van der Waals surface area (Å²) in [6.45, 7) is 5.91. The number of amides is 1. The first-order chi connectivity index (χ1) is 15.6. The van der Waals surface area contributed by atoms with E-state index in [0.717, 1.165) is 11.1 Å². The van der Waals surface area contributed by atoms with Gasteiger partial charge in [0, 0.05) is 0 Å². The van der Waals surface area contributed by atoms with Crippen LogP contribution in [0.5, 0.6) is 0 Å². The zero-order chi connectivity index (χ0) is 27.2. The summed E-state index contributed by atoms with van der Waals surface area (Å²) < 4.78 is 124. The summed E-state index contributed by atoms with van der Waals surface area (Å²) >= 11 is 0. The van der Waals surface area contributed by atoms with Crippen LogP contribution in [0.4, 0.5) is 44.3 Å². The van der Waals surface area contributed by atoms with Crippen LogP contribution in [-0.2, 0) is 4.74 Å². The molecular formula is C22H25F9N2O2. The van der Waals surface area contributed by atoms with Crippen LogP contribution < -0.4 is 10.6 Å². The van der Waals surface area contributed by atoms with Crippen molar-refractivity contribution >= 4 is 12.2 Å². The molecule has 0 heterocycles. The van der Waals surface area contributed by atoms with Gasteiger partial charge < -0.3 is 15.4 Å². The van der Waals surface area contributed by atoms with Gasteiger partial charge in [0.25, 0.3) is 0 Å². The summed E-state index contributed by atoms with van der Waals surface area (Å²) in [5.41, 5.74) is 1.54. The Morgan fingerprint density at radius 2 is 1.46 bits per heavy atom. The topological polar surface area (TPSA) is 50.4 Å². The van der Waals surface area contributed by atoms with Crippen LogP contribution in [0.15, 0.2) is 18.2 Å². The summed E-state index contributed by atoms with van der Waals surface area (Å²) in [4.78, 5) is 12.4. The number of carbonyl (C=O) groups excluding carboxylic acids is 1. The number of hydrogen-bond acceptors (Lipinski definition) is 3. The molecule has 0 saturated carbocycles. The third-order valence-electron chi connectivity index (χ3n) is 5.32. The Labute approximate surface area is 195 Å². The molecule has 0 spiro atoms. The summed E-state index contributed by atoms with van der Waals surface area (Å²) in [7, 11) is 0. The van der Waals surface area contributed by atoms with Gasteiger partial charge in [0.1, 0.15) is 5.60 Å². The van der Waals surface area contributed by atoms with Gasteiger partial charge in [0.15, 0.2) is 0 Å². The van der Waals surface area contributed by atoms with Crippen molar-refractivity contribution in [3.05, 3.63) is 40.5 Å². The van der Waals surface area contributed by atoms with Gasteiger partial charge in [-0.25, -0.2) is 4.79 Å². The molecule has 0 unspecified atom stereocenters. The highest BCUT2D eigenvalue weighted by Gasteiger charge is 2.81. The van der Waals surface area contributed by atoms with E-state index in [2.05, 4.69) is 5.32 Å². The maximum Gasteiger partial charge on any atom is 0.460 e. The van der Waals surface area contributed by atoms with Gasteiger partial charge in [-0.05, 0) is 56.9 Å². The summed E-state index contributed by atoms with van der Waals surface area (Å²) in [6.07, 6.45) is -5.27. The molecule has 0 radical (unpaired) electrons. The first kappa shape index (κ1) is 28.8. The number of rotatable bonds is 6. The van der Waals surface area contributed by atoms with Gasteiger partial charge in [-0.15, -0.1) is 0 Å². The van der Waals surface area contributed by atoms with E-state index in [4.69, 9.17) is 4.74 Å². The molecule has 1 amide bonds. The number of carbonyl (C=O) groups is 1. The zero-order valence-electron chi connectivity index (χ0n) is 19.4. The Bertz CT molecular complexity index is 982. The molecule has 2 N–H and O–H groups in total. The molecule has 13 heteroatoms. The largest absolute Gasteiger partial charge is 0.460 e. The second-order valence-electron chi connectivity index (χ2n) is 9.31. The van der Waals surface area contributed by atoms with Crippen molar-refractivity contribution in [2.24, 2.45) is 0 Å². The zero-order valence-corrected chi connectivity index (χ0v) is 19.4. The molecule has 35 heavy (non-hydrogen) atoms. The normalized spacial score (nSPS) is 19.4. The van der Waals surface area contributed by atoms with Crippen molar-refractivity contribution in [2.45, 2.75) is 76.2 Å². The lowest BCUT2D eigenvalue weighted by atomic mass is 9.86. The summed E-state index contributed by atoms with van der Waals surface area (Å²) in [5.74, 6) is -19.5. The Kier molecular flexibility index (Phi) is 7.58. The van der Waals surface area contributed by atoms with Crippen LogP contribution in [0.25, 0.3) is 6.08 Å². The molecule has 0 aromatic heterocycles. The minimum absolute atomic E-state index is 0.370. The van der Waals surface area contributed by atoms with E-state index < -0.39 is 54.3 Å². The summed E-state index contributed by atoms with van der Waals surface area (Å²) in [6, 6.07) is 0.749. The van der Waals surface area contributed by atoms with Crippen molar-refractivity contribution < 1.29 is 49.0 Å². The number of hydrogen-bond donors (Lipinski definition) is 2. The molecule has 1 aliphatic carbocycles. The Balaban J connectivity index is 2.37. The molecule has 0 bridgehead atoms. The Morgan fingerprint density at radius 3 is 1.97 bits per heavy atom. The van der Waals surface area contributed by atoms with Gasteiger partial charge in [-0.1, -0.05) is 24.3 Å². The van der Waals surface area contributed by atoms with Crippen molar-refractivity contribution in [1.29, 1.82) is 0 Å². The van der Waals surface area contributed by atoms with Crippen molar-refractivity contribution in [1.82, 2.24) is 10.6 Å². The molecule has 2 atom stereocenters. The average Bonchev–Trinajstić information content (AvgIpc) is 2.66. The molecule has 0 saturated heterocycles. The fourth-order valence-corrected chi connectivity index (χ4v) is 3.34. The van der Waals surface area contributed by atoms with Crippen LogP contribution in [0, 0.1) is 13.8 Å². The van der Waals surface area contributed by atoms with Crippen LogP contribution in [-0.4, -0.2) is 48.2 Å². The fraction of sp³-hybridized carbons (Fsp3) is 0.591. The number of benzene rings is 1. The highest BCUT2D eigenvalue weighted by atomic mass is 19.4. The monoisotopic (exact) mass is 520 g/mol. The molecule has 4 nitrogen and oxygen atoms in total. The maximum absolute atomic E-state index is 14.1. The van der Waals surface area contributed by atoms with Crippen LogP contribution in [0.1, 0.15) is 49.1 Å². The van der Waals surface area contributed by atoms with Crippen LogP contribution in [0.3, 0.4) is 0 Å². The molecule has 198 valence electrons. The second kappa shape index (κ2) is 9.21. The number of halogens is 9. The van der Waals surface area contributed by atoms with Crippen molar-refractivity contribution in [2.75, 3.05) is 6.54 Å². The number of aryl methyl sites for hydroxylation is 2. The van der Waals surface area contributed by atoms with Crippen molar-refractivity contribution in [3.63, 3.8) is 0 Å². The number of ether oxygens (including phenoxy) is 1. The van der Waals surface area contributed by atoms with Crippen LogP contribution in [0.2, 0.25) is 0 Å². The fourth-order valence-electron chi connectivity index (χ4n) is 3.34. The molecule has 1 aliphatic rings. The Morgan fingerprint density at radius 1 is 0.914 bits per heavy atom. The van der Waals surface area contributed by atoms with E-state index in [1.165, 1.54) is 12.2 Å². The van der Waals surface area contributed by atoms with E-state index in [-0.39, 0.29) is 0 Å². The first-order valence-electron chi connectivity index (χ1n) is 10.3. The van der Waals surface area contributed by atoms with Crippen molar-refractivity contribution in [3.8, 4) is 0 Å². The third kappa shape index (κ3) is 5.87. The van der Waals surface area contributed by atoms with Gasteiger partial charge in [-0.3, -0.25) is 0 Å². The maximum atomic E-state index is 14.1. The molecule has 1 aromatic rings.